The molecule has 1 saturated heterocycles. The molecule has 1 aliphatic heterocycles. The number of ether oxygens (including phenoxy) is 1. The summed E-state index contributed by atoms with van der Waals surface area (Å²) in [6, 6.07) is 4.18. The van der Waals surface area contributed by atoms with E-state index >= 15 is 0 Å². The van der Waals surface area contributed by atoms with Crippen molar-refractivity contribution in [1.29, 1.82) is 0 Å². The third kappa shape index (κ3) is 3.98. The number of nitrogens with one attached hydrogen (secondary N) is 1. The molecule has 1 unspecified atom stereocenters. The third-order valence-electron chi connectivity index (χ3n) is 3.58. The maximum absolute atomic E-state index is 13.7. The van der Waals surface area contributed by atoms with Crippen molar-refractivity contribution in [2.24, 2.45) is 0 Å². The summed E-state index contributed by atoms with van der Waals surface area (Å²) in [5, 5.41) is 3.34. The van der Waals surface area contributed by atoms with Crippen molar-refractivity contribution in [3.8, 4) is 0 Å². The molecule has 0 saturated carbocycles. The summed E-state index contributed by atoms with van der Waals surface area (Å²) in [6.07, 6.45) is 1.06. The molecule has 3 nitrogen and oxygen atoms in total. The van der Waals surface area contributed by atoms with Crippen molar-refractivity contribution < 1.29 is 13.5 Å². The van der Waals surface area contributed by atoms with Crippen molar-refractivity contribution in [1.82, 2.24) is 10.2 Å². The van der Waals surface area contributed by atoms with Crippen LogP contribution in [0.3, 0.4) is 0 Å². The molecule has 20 heavy (non-hydrogen) atoms. The van der Waals surface area contributed by atoms with Crippen molar-refractivity contribution in [3.63, 3.8) is 0 Å². The standard InChI is InChI=1S/C15H22F2N2O/c1-2-6-18-9-12-11-20-8-7-19(12)10-13-14(16)4-3-5-15(13)17/h3-5,12,18H,2,6-11H2,1H3. The van der Waals surface area contributed by atoms with Crippen molar-refractivity contribution in [2.45, 2.75) is 25.9 Å². The molecule has 1 atom stereocenters. The van der Waals surface area contributed by atoms with Gasteiger partial charge in [-0.15, -0.1) is 0 Å². The fourth-order valence-corrected chi connectivity index (χ4v) is 2.42. The van der Waals surface area contributed by atoms with Gasteiger partial charge >= 0.3 is 0 Å². The van der Waals surface area contributed by atoms with Gasteiger partial charge < -0.3 is 10.1 Å². The monoisotopic (exact) mass is 284 g/mol. The van der Waals surface area contributed by atoms with Crippen LogP contribution in [0.2, 0.25) is 0 Å². The van der Waals surface area contributed by atoms with Gasteiger partial charge in [-0.1, -0.05) is 13.0 Å². The van der Waals surface area contributed by atoms with Crippen LogP contribution >= 0.6 is 0 Å². The molecule has 0 aromatic heterocycles. The molecule has 1 aliphatic rings. The molecule has 0 aliphatic carbocycles. The number of halogens is 2. The number of rotatable bonds is 6. The summed E-state index contributed by atoms with van der Waals surface area (Å²) >= 11 is 0. The predicted octanol–water partition coefficient (Wildman–Crippen LogP) is 2.17. The van der Waals surface area contributed by atoms with E-state index < -0.39 is 11.6 Å². The molecule has 1 heterocycles. The summed E-state index contributed by atoms with van der Waals surface area (Å²) in [5.41, 5.74) is 0.148. The molecule has 5 heteroatoms. The Hall–Kier alpha value is -1.04. The second-order valence-corrected chi connectivity index (χ2v) is 5.10. The number of nitrogens with zero attached hydrogens (tertiary/aromatic N) is 1. The molecule has 2 rings (SSSR count). The summed E-state index contributed by atoms with van der Waals surface area (Å²) in [6.45, 7) is 6.04. The molecule has 1 fully saturated rings. The molecule has 112 valence electrons. The van der Waals surface area contributed by atoms with E-state index in [1.807, 2.05) is 0 Å². The molecular weight excluding hydrogens is 262 g/mol. The number of morpholine rings is 1. The van der Waals surface area contributed by atoms with E-state index in [9.17, 15) is 8.78 Å². The van der Waals surface area contributed by atoms with E-state index in [1.165, 1.54) is 18.2 Å². The molecule has 1 aromatic rings. The van der Waals surface area contributed by atoms with Crippen LogP contribution in [0.15, 0.2) is 18.2 Å². The third-order valence-corrected chi connectivity index (χ3v) is 3.58. The number of benzene rings is 1. The first kappa shape index (κ1) is 15.4. The van der Waals surface area contributed by atoms with Gasteiger partial charge in [0.2, 0.25) is 0 Å². The van der Waals surface area contributed by atoms with E-state index in [1.54, 1.807) is 0 Å². The first-order valence-corrected chi connectivity index (χ1v) is 7.17. The van der Waals surface area contributed by atoms with Crippen LogP contribution in [0.5, 0.6) is 0 Å². The van der Waals surface area contributed by atoms with E-state index in [4.69, 9.17) is 4.74 Å². The number of hydrogen-bond donors (Lipinski definition) is 1. The topological polar surface area (TPSA) is 24.5 Å². The quantitative estimate of drug-likeness (QED) is 0.810. The molecule has 1 N–H and O–H groups in total. The van der Waals surface area contributed by atoms with Crippen LogP contribution in [0.1, 0.15) is 18.9 Å². The van der Waals surface area contributed by atoms with Crippen LogP contribution in [-0.4, -0.2) is 43.8 Å². The summed E-state index contributed by atoms with van der Waals surface area (Å²) in [7, 11) is 0. The van der Waals surface area contributed by atoms with Gasteiger partial charge in [0.1, 0.15) is 11.6 Å². The van der Waals surface area contributed by atoms with Gasteiger partial charge in [-0.3, -0.25) is 4.90 Å². The maximum atomic E-state index is 13.7. The highest BCUT2D eigenvalue weighted by Gasteiger charge is 2.24. The zero-order valence-electron chi connectivity index (χ0n) is 11.9. The lowest BCUT2D eigenvalue weighted by molar-refractivity contribution is -0.0117. The van der Waals surface area contributed by atoms with Crippen molar-refractivity contribution in [2.75, 3.05) is 32.8 Å². The maximum Gasteiger partial charge on any atom is 0.130 e. The molecule has 0 radical (unpaired) electrons. The van der Waals surface area contributed by atoms with Gasteiger partial charge in [0, 0.05) is 31.2 Å². The Morgan fingerprint density at radius 3 is 2.80 bits per heavy atom. The minimum Gasteiger partial charge on any atom is -0.378 e. The second kappa shape index (κ2) is 7.67. The van der Waals surface area contributed by atoms with E-state index in [0.717, 1.165) is 19.5 Å². The number of hydrogen-bond acceptors (Lipinski definition) is 3. The lowest BCUT2D eigenvalue weighted by Crippen LogP contribution is -2.50. The van der Waals surface area contributed by atoms with Crippen LogP contribution < -0.4 is 5.32 Å². The highest BCUT2D eigenvalue weighted by Crippen LogP contribution is 2.17. The Balaban J connectivity index is 2.01. The highest BCUT2D eigenvalue weighted by molar-refractivity contribution is 5.19. The fraction of sp³-hybridized carbons (Fsp3) is 0.600. The Labute approximate surface area is 118 Å². The van der Waals surface area contributed by atoms with Gasteiger partial charge in [-0.05, 0) is 25.1 Å². The van der Waals surface area contributed by atoms with Crippen LogP contribution in [0, 0.1) is 11.6 Å². The van der Waals surface area contributed by atoms with E-state index in [0.29, 0.717) is 26.3 Å². The first-order chi connectivity index (χ1) is 9.72. The normalized spacial score (nSPS) is 20.2. The highest BCUT2D eigenvalue weighted by atomic mass is 19.1. The minimum atomic E-state index is -0.475. The van der Waals surface area contributed by atoms with Gasteiger partial charge in [0.25, 0.3) is 0 Å². The largest absolute Gasteiger partial charge is 0.378 e. The molecular formula is C15H22F2N2O. The molecule has 0 spiro atoms. The first-order valence-electron chi connectivity index (χ1n) is 7.17. The summed E-state index contributed by atoms with van der Waals surface area (Å²) in [5.74, 6) is -0.950. The van der Waals surface area contributed by atoms with Gasteiger partial charge in [0.05, 0.1) is 13.2 Å². The van der Waals surface area contributed by atoms with E-state index in [-0.39, 0.29) is 11.6 Å². The predicted molar refractivity (Wildman–Crippen MR) is 74.5 cm³/mol. The fourth-order valence-electron chi connectivity index (χ4n) is 2.42. The zero-order valence-corrected chi connectivity index (χ0v) is 11.9. The molecule has 0 bridgehead atoms. The molecule has 1 aromatic carbocycles. The SMILES string of the molecule is CCCNCC1COCCN1Cc1c(F)cccc1F. The molecule has 0 amide bonds. The van der Waals surface area contributed by atoms with Gasteiger partial charge in [0.15, 0.2) is 0 Å². The van der Waals surface area contributed by atoms with Crippen LogP contribution in [0.4, 0.5) is 8.78 Å². The smallest absolute Gasteiger partial charge is 0.130 e. The van der Waals surface area contributed by atoms with Crippen LogP contribution in [-0.2, 0) is 11.3 Å². The summed E-state index contributed by atoms with van der Waals surface area (Å²) < 4.78 is 32.9. The van der Waals surface area contributed by atoms with Crippen molar-refractivity contribution in [3.05, 3.63) is 35.4 Å². The summed E-state index contributed by atoms with van der Waals surface area (Å²) in [4.78, 5) is 2.09. The Morgan fingerprint density at radius 1 is 1.35 bits per heavy atom. The van der Waals surface area contributed by atoms with E-state index in [2.05, 4.69) is 17.1 Å². The zero-order chi connectivity index (χ0) is 14.4. The van der Waals surface area contributed by atoms with Gasteiger partial charge in [-0.2, -0.15) is 0 Å². The Bertz CT molecular complexity index is 408. The van der Waals surface area contributed by atoms with Crippen molar-refractivity contribution >= 4 is 0 Å². The average Bonchev–Trinajstić information content (AvgIpc) is 2.45. The Morgan fingerprint density at radius 2 is 2.10 bits per heavy atom. The minimum absolute atomic E-state index is 0.148. The lowest BCUT2D eigenvalue weighted by atomic mass is 10.1. The average molecular weight is 284 g/mol. The van der Waals surface area contributed by atoms with Gasteiger partial charge in [-0.25, -0.2) is 8.78 Å². The lowest BCUT2D eigenvalue weighted by Gasteiger charge is -2.35. The Kier molecular flexibility index (Phi) is 5.88. The van der Waals surface area contributed by atoms with Crippen LogP contribution in [0.25, 0.3) is 0 Å². The second-order valence-electron chi connectivity index (χ2n) is 5.10.